The van der Waals surface area contributed by atoms with E-state index in [0.717, 1.165) is 6.04 Å². The highest BCUT2D eigenvalue weighted by Gasteiger charge is 2.17. The number of ketones is 1. The fraction of sp³-hybridized carbons (Fsp3) is 0.857. The Balaban J connectivity index is 3.46. The SMILES string of the molecule is CCC(=O)CC[Si](C)(C)Cl. The van der Waals surface area contributed by atoms with Gasteiger partial charge in [-0.1, -0.05) is 20.0 Å². The summed E-state index contributed by atoms with van der Waals surface area (Å²) in [5, 5.41) is 0. The highest BCUT2D eigenvalue weighted by atomic mass is 35.6. The van der Waals surface area contributed by atoms with Gasteiger partial charge in [-0.2, -0.15) is 11.1 Å². The number of rotatable bonds is 4. The summed E-state index contributed by atoms with van der Waals surface area (Å²) in [5.41, 5.74) is 0. The van der Waals surface area contributed by atoms with Gasteiger partial charge in [-0.25, -0.2) is 0 Å². The van der Waals surface area contributed by atoms with Gasteiger partial charge in [0.1, 0.15) is 5.78 Å². The van der Waals surface area contributed by atoms with Crippen molar-refractivity contribution in [3.63, 3.8) is 0 Å². The summed E-state index contributed by atoms with van der Waals surface area (Å²) in [7, 11) is -1.48. The quantitative estimate of drug-likeness (QED) is 0.478. The summed E-state index contributed by atoms with van der Waals surface area (Å²) in [6.07, 6.45) is 1.33. The van der Waals surface area contributed by atoms with Crippen LogP contribution in [-0.2, 0) is 4.79 Å². The van der Waals surface area contributed by atoms with Gasteiger partial charge in [-0.3, -0.25) is 4.79 Å². The molecule has 0 aliphatic heterocycles. The lowest BCUT2D eigenvalue weighted by Gasteiger charge is -2.10. The molecule has 0 spiro atoms. The molecule has 0 bridgehead atoms. The third-order valence-corrected chi connectivity index (χ3v) is 3.40. The molecule has 0 heterocycles. The first-order valence-electron chi connectivity index (χ1n) is 3.66. The van der Waals surface area contributed by atoms with Crippen molar-refractivity contribution in [3.05, 3.63) is 0 Å². The zero-order valence-corrected chi connectivity index (χ0v) is 8.66. The lowest BCUT2D eigenvalue weighted by molar-refractivity contribution is -0.118. The van der Waals surface area contributed by atoms with Crippen LogP contribution in [0, 0.1) is 0 Å². The molecule has 3 heteroatoms. The van der Waals surface area contributed by atoms with Crippen molar-refractivity contribution in [1.82, 2.24) is 0 Å². The van der Waals surface area contributed by atoms with Gasteiger partial charge >= 0.3 is 0 Å². The first-order chi connectivity index (χ1) is 4.45. The lowest BCUT2D eigenvalue weighted by Crippen LogP contribution is -2.17. The van der Waals surface area contributed by atoms with Crippen molar-refractivity contribution in [3.8, 4) is 0 Å². The highest BCUT2D eigenvalue weighted by molar-refractivity contribution is 7.19. The Bertz CT molecular complexity index is 117. The van der Waals surface area contributed by atoms with E-state index in [1.54, 1.807) is 0 Å². The molecule has 0 amide bonds. The van der Waals surface area contributed by atoms with Crippen LogP contribution in [0.2, 0.25) is 19.1 Å². The molecule has 0 aliphatic rings. The van der Waals surface area contributed by atoms with Crippen LogP contribution < -0.4 is 0 Å². The molecular formula is C7H15ClOSi. The normalized spacial score (nSPS) is 11.6. The van der Waals surface area contributed by atoms with Crippen molar-refractivity contribution in [1.29, 1.82) is 0 Å². The van der Waals surface area contributed by atoms with Crippen LogP contribution in [0.4, 0.5) is 0 Å². The van der Waals surface area contributed by atoms with Crippen LogP contribution in [0.25, 0.3) is 0 Å². The fourth-order valence-corrected chi connectivity index (χ4v) is 1.77. The number of hydrogen-bond donors (Lipinski definition) is 0. The van der Waals surface area contributed by atoms with Gasteiger partial charge in [-0.15, -0.1) is 0 Å². The lowest BCUT2D eigenvalue weighted by atomic mass is 10.2. The zero-order valence-electron chi connectivity index (χ0n) is 6.91. The largest absolute Gasteiger partial charge is 0.300 e. The number of Topliss-reactive ketones (excluding diaryl/α,β-unsaturated/α-hetero) is 1. The average molecular weight is 179 g/mol. The zero-order chi connectivity index (χ0) is 8.20. The predicted octanol–water partition coefficient (Wildman–Crippen LogP) is 2.80. The van der Waals surface area contributed by atoms with Crippen LogP contribution in [0.5, 0.6) is 0 Å². The summed E-state index contributed by atoms with van der Waals surface area (Å²) in [5.74, 6) is 0.334. The molecule has 0 radical (unpaired) electrons. The number of carbonyl (C=O) groups excluding carboxylic acids is 1. The van der Waals surface area contributed by atoms with Crippen LogP contribution in [0.1, 0.15) is 19.8 Å². The standard InChI is InChI=1S/C7H15ClOSi/c1-4-7(9)5-6-10(2,3)8/h4-6H2,1-3H3. The van der Waals surface area contributed by atoms with Crippen molar-refractivity contribution >= 4 is 24.2 Å². The maximum absolute atomic E-state index is 10.8. The summed E-state index contributed by atoms with van der Waals surface area (Å²) in [6.45, 7) is 6.03. The van der Waals surface area contributed by atoms with Gasteiger partial charge in [0, 0.05) is 12.8 Å². The Morgan fingerprint density at radius 3 is 2.30 bits per heavy atom. The van der Waals surface area contributed by atoms with E-state index in [4.69, 9.17) is 11.1 Å². The van der Waals surface area contributed by atoms with Crippen LogP contribution >= 0.6 is 11.1 Å². The second-order valence-electron chi connectivity index (χ2n) is 3.11. The van der Waals surface area contributed by atoms with Gasteiger partial charge in [-0.05, 0) is 6.04 Å². The first kappa shape index (κ1) is 10.2. The van der Waals surface area contributed by atoms with Crippen LogP contribution in [0.3, 0.4) is 0 Å². The molecule has 10 heavy (non-hydrogen) atoms. The van der Waals surface area contributed by atoms with Crippen molar-refractivity contribution in [2.24, 2.45) is 0 Å². The summed E-state index contributed by atoms with van der Waals surface area (Å²) < 4.78 is 0. The minimum atomic E-state index is -1.48. The second-order valence-corrected chi connectivity index (χ2v) is 10.1. The van der Waals surface area contributed by atoms with E-state index in [0.29, 0.717) is 18.6 Å². The highest BCUT2D eigenvalue weighted by Crippen LogP contribution is 2.16. The smallest absolute Gasteiger partial charge is 0.150 e. The molecule has 0 N–H and O–H groups in total. The molecular weight excluding hydrogens is 164 g/mol. The maximum Gasteiger partial charge on any atom is 0.150 e. The monoisotopic (exact) mass is 178 g/mol. The van der Waals surface area contributed by atoms with E-state index in [-0.39, 0.29) is 0 Å². The molecule has 0 fully saturated rings. The van der Waals surface area contributed by atoms with E-state index in [1.165, 1.54) is 0 Å². The third-order valence-electron chi connectivity index (χ3n) is 1.39. The van der Waals surface area contributed by atoms with Gasteiger partial charge < -0.3 is 0 Å². The topological polar surface area (TPSA) is 17.1 Å². The van der Waals surface area contributed by atoms with Gasteiger partial charge in [0.25, 0.3) is 0 Å². The third kappa shape index (κ3) is 6.30. The van der Waals surface area contributed by atoms with Crippen molar-refractivity contribution in [2.45, 2.75) is 38.9 Å². The van der Waals surface area contributed by atoms with E-state index in [1.807, 2.05) is 6.92 Å². The van der Waals surface area contributed by atoms with Crippen molar-refractivity contribution < 1.29 is 4.79 Å². The second kappa shape index (κ2) is 4.14. The summed E-state index contributed by atoms with van der Waals surface area (Å²) in [6, 6.07) is 0.918. The molecule has 1 nitrogen and oxygen atoms in total. The Kier molecular flexibility index (Phi) is 4.21. The Labute approximate surface area is 68.5 Å². The van der Waals surface area contributed by atoms with Gasteiger partial charge in [0.15, 0.2) is 7.38 Å². The molecule has 0 unspecified atom stereocenters. The first-order valence-corrected chi connectivity index (χ1v) is 7.88. The summed E-state index contributed by atoms with van der Waals surface area (Å²) >= 11 is 6.02. The molecule has 0 aromatic heterocycles. The van der Waals surface area contributed by atoms with E-state index < -0.39 is 7.38 Å². The molecule has 60 valence electrons. The maximum atomic E-state index is 10.8. The Morgan fingerprint density at radius 1 is 1.50 bits per heavy atom. The fourth-order valence-electron chi connectivity index (χ4n) is 0.613. The summed E-state index contributed by atoms with van der Waals surface area (Å²) in [4.78, 5) is 10.8. The van der Waals surface area contributed by atoms with Gasteiger partial charge in [0.05, 0.1) is 0 Å². The number of carbonyl (C=O) groups is 1. The molecule has 0 aromatic rings. The number of halogens is 1. The molecule has 0 saturated carbocycles. The van der Waals surface area contributed by atoms with E-state index in [2.05, 4.69) is 13.1 Å². The minimum absolute atomic E-state index is 0.334. The average Bonchev–Trinajstić information content (AvgIpc) is 1.81. The minimum Gasteiger partial charge on any atom is -0.300 e. The van der Waals surface area contributed by atoms with Crippen molar-refractivity contribution in [2.75, 3.05) is 0 Å². The molecule has 0 saturated heterocycles. The van der Waals surface area contributed by atoms with Gasteiger partial charge in [0.2, 0.25) is 0 Å². The van der Waals surface area contributed by atoms with E-state index in [9.17, 15) is 4.79 Å². The molecule has 0 aliphatic carbocycles. The molecule has 0 atom stereocenters. The predicted molar refractivity (Wildman–Crippen MR) is 48.1 cm³/mol. The molecule has 0 rings (SSSR count). The Morgan fingerprint density at radius 2 is 2.00 bits per heavy atom. The van der Waals surface area contributed by atoms with Crippen LogP contribution in [0.15, 0.2) is 0 Å². The molecule has 0 aromatic carbocycles. The van der Waals surface area contributed by atoms with Crippen LogP contribution in [-0.4, -0.2) is 13.2 Å². The Hall–Kier alpha value is 0.177. The van der Waals surface area contributed by atoms with E-state index >= 15 is 0 Å². The number of hydrogen-bond acceptors (Lipinski definition) is 1.